The molecule has 0 unspecified atom stereocenters. The van der Waals surface area contributed by atoms with Gasteiger partial charge < -0.3 is 14.8 Å². The van der Waals surface area contributed by atoms with Crippen LogP contribution in [0, 0.1) is 0 Å². The molecule has 1 aromatic carbocycles. The van der Waals surface area contributed by atoms with Crippen LogP contribution < -0.4 is 20.5 Å². The van der Waals surface area contributed by atoms with Crippen molar-refractivity contribution in [3.8, 4) is 22.2 Å². The first-order valence-electron chi connectivity index (χ1n) is 8.23. The second kappa shape index (κ2) is 8.09. The Morgan fingerprint density at radius 1 is 1.22 bits per heavy atom. The third-order valence-electron chi connectivity index (χ3n) is 4.04. The maximum atomic E-state index is 12.3. The fourth-order valence-corrected chi connectivity index (χ4v) is 3.35. The van der Waals surface area contributed by atoms with Crippen molar-refractivity contribution in [1.82, 2.24) is 19.7 Å². The second-order valence-electron chi connectivity index (χ2n) is 5.69. The molecule has 0 saturated heterocycles. The van der Waals surface area contributed by atoms with Crippen LogP contribution in [-0.2, 0) is 13.6 Å². The summed E-state index contributed by atoms with van der Waals surface area (Å²) in [7, 11) is 4.73. The highest BCUT2D eigenvalue weighted by Crippen LogP contribution is 2.27. The molecule has 27 heavy (non-hydrogen) atoms. The number of hydrogen-bond donors (Lipinski definition) is 1. The largest absolute Gasteiger partial charge is 0.493 e. The van der Waals surface area contributed by atoms with Crippen molar-refractivity contribution in [1.29, 1.82) is 0 Å². The van der Waals surface area contributed by atoms with E-state index < -0.39 is 0 Å². The number of benzene rings is 1. The number of nitrogens with one attached hydrogen (secondary N) is 1. The van der Waals surface area contributed by atoms with Crippen LogP contribution in [-0.4, -0.2) is 41.0 Å². The van der Waals surface area contributed by atoms with Crippen molar-refractivity contribution in [2.24, 2.45) is 7.05 Å². The van der Waals surface area contributed by atoms with E-state index in [1.54, 1.807) is 25.2 Å². The summed E-state index contributed by atoms with van der Waals surface area (Å²) in [4.78, 5) is 25.6. The summed E-state index contributed by atoms with van der Waals surface area (Å²) in [5.41, 5.74) is 0.221. The molecule has 1 N–H and O–H groups in total. The summed E-state index contributed by atoms with van der Waals surface area (Å²) in [6.45, 7) is 0.547. The van der Waals surface area contributed by atoms with E-state index >= 15 is 0 Å². The lowest BCUT2D eigenvalue weighted by Gasteiger charge is -2.10. The van der Waals surface area contributed by atoms with E-state index in [0.29, 0.717) is 22.9 Å². The molecule has 8 nitrogen and oxygen atoms in total. The van der Waals surface area contributed by atoms with Crippen molar-refractivity contribution < 1.29 is 14.3 Å². The van der Waals surface area contributed by atoms with Gasteiger partial charge >= 0.3 is 5.69 Å². The van der Waals surface area contributed by atoms with Crippen molar-refractivity contribution >= 4 is 17.2 Å². The molecule has 0 fully saturated rings. The smallest absolute Gasteiger partial charge is 0.346 e. The Labute approximate surface area is 160 Å². The van der Waals surface area contributed by atoms with Gasteiger partial charge in [-0.1, -0.05) is 6.07 Å². The Morgan fingerprint density at radius 2 is 2.00 bits per heavy atom. The van der Waals surface area contributed by atoms with Crippen LogP contribution in [0.2, 0.25) is 0 Å². The van der Waals surface area contributed by atoms with Crippen molar-refractivity contribution in [2.45, 2.75) is 6.54 Å². The predicted molar refractivity (Wildman–Crippen MR) is 103 cm³/mol. The Hall–Kier alpha value is -3.07. The molecule has 9 heteroatoms. The van der Waals surface area contributed by atoms with E-state index in [1.165, 1.54) is 34.8 Å². The quantitative estimate of drug-likeness (QED) is 0.666. The number of carbonyl (C=O) groups is 1. The molecule has 0 atom stereocenters. The van der Waals surface area contributed by atoms with E-state index in [2.05, 4.69) is 10.4 Å². The van der Waals surface area contributed by atoms with Crippen LogP contribution in [0.1, 0.15) is 10.4 Å². The summed E-state index contributed by atoms with van der Waals surface area (Å²) >= 11 is 1.52. The number of hydrogen-bond acceptors (Lipinski definition) is 6. The lowest BCUT2D eigenvalue weighted by molar-refractivity contribution is 0.0951. The molecule has 1 amide bonds. The van der Waals surface area contributed by atoms with Gasteiger partial charge in [0, 0.05) is 19.2 Å². The molecule has 0 bridgehead atoms. The lowest BCUT2D eigenvalue weighted by Crippen LogP contribution is -2.31. The first-order valence-corrected chi connectivity index (χ1v) is 9.11. The molecule has 142 valence electrons. The van der Waals surface area contributed by atoms with Gasteiger partial charge in [0.15, 0.2) is 17.3 Å². The first kappa shape index (κ1) is 18.7. The highest BCUT2D eigenvalue weighted by atomic mass is 32.1. The molecule has 0 saturated carbocycles. The second-order valence-corrected chi connectivity index (χ2v) is 6.64. The SMILES string of the molecule is COc1ccc(C(=O)NCCn2nc(-c3cccs3)n(C)c2=O)cc1OC. The third-order valence-corrected chi connectivity index (χ3v) is 4.90. The van der Waals surface area contributed by atoms with E-state index in [1.807, 2.05) is 17.5 Å². The first-order chi connectivity index (χ1) is 13.0. The molecule has 0 spiro atoms. The fourth-order valence-electron chi connectivity index (χ4n) is 2.61. The van der Waals surface area contributed by atoms with Gasteiger partial charge in [-0.05, 0) is 29.6 Å². The van der Waals surface area contributed by atoms with Crippen molar-refractivity contribution in [2.75, 3.05) is 20.8 Å². The third kappa shape index (κ3) is 3.87. The molecule has 0 aliphatic heterocycles. The van der Waals surface area contributed by atoms with E-state index in [4.69, 9.17) is 9.47 Å². The summed E-state index contributed by atoms with van der Waals surface area (Å²) in [5.74, 6) is 1.38. The molecule has 0 aliphatic rings. The zero-order valence-corrected chi connectivity index (χ0v) is 16.1. The van der Waals surface area contributed by atoms with Crippen LogP contribution in [0.5, 0.6) is 11.5 Å². The average molecular weight is 388 g/mol. The van der Waals surface area contributed by atoms with E-state index in [9.17, 15) is 9.59 Å². The van der Waals surface area contributed by atoms with Gasteiger partial charge in [0.05, 0.1) is 25.6 Å². The summed E-state index contributed by atoms with van der Waals surface area (Å²) in [5, 5.41) is 9.08. The zero-order valence-electron chi connectivity index (χ0n) is 15.3. The summed E-state index contributed by atoms with van der Waals surface area (Å²) < 4.78 is 13.2. The normalized spacial score (nSPS) is 10.6. The minimum Gasteiger partial charge on any atom is -0.493 e. The Bertz CT molecular complexity index is 991. The Morgan fingerprint density at radius 3 is 2.67 bits per heavy atom. The van der Waals surface area contributed by atoms with E-state index in [-0.39, 0.29) is 24.7 Å². The topological polar surface area (TPSA) is 87.4 Å². The van der Waals surface area contributed by atoms with Gasteiger partial charge in [0.25, 0.3) is 5.91 Å². The number of carbonyl (C=O) groups excluding carboxylic acids is 1. The number of methoxy groups -OCH3 is 2. The number of thiophene rings is 1. The van der Waals surface area contributed by atoms with Gasteiger partial charge in [-0.3, -0.25) is 9.36 Å². The van der Waals surface area contributed by atoms with Gasteiger partial charge in [-0.15, -0.1) is 16.4 Å². The maximum absolute atomic E-state index is 12.3. The highest BCUT2D eigenvalue weighted by molar-refractivity contribution is 7.13. The standard InChI is InChI=1S/C18H20N4O4S/c1-21-16(15-5-4-10-27-15)20-22(18(21)24)9-8-19-17(23)12-6-7-13(25-2)14(11-12)26-3/h4-7,10-11H,8-9H2,1-3H3,(H,19,23). The molecule has 2 aromatic heterocycles. The monoisotopic (exact) mass is 388 g/mol. The molecule has 0 radical (unpaired) electrons. The minimum atomic E-state index is -0.265. The molecular formula is C18H20N4O4S. The zero-order chi connectivity index (χ0) is 19.4. The Balaban J connectivity index is 1.66. The molecule has 3 aromatic rings. The van der Waals surface area contributed by atoms with Crippen LogP contribution in [0.4, 0.5) is 0 Å². The number of nitrogens with zero attached hydrogens (tertiary/aromatic N) is 3. The number of rotatable bonds is 7. The number of aromatic nitrogens is 3. The van der Waals surface area contributed by atoms with E-state index in [0.717, 1.165) is 4.88 Å². The minimum absolute atomic E-state index is 0.223. The van der Waals surface area contributed by atoms with Crippen LogP contribution in [0.15, 0.2) is 40.5 Å². The summed E-state index contributed by atoms with van der Waals surface area (Å²) in [6, 6.07) is 8.75. The van der Waals surface area contributed by atoms with Gasteiger partial charge in [-0.2, -0.15) is 0 Å². The Kier molecular flexibility index (Phi) is 5.60. The van der Waals surface area contributed by atoms with Crippen LogP contribution in [0.25, 0.3) is 10.7 Å². The maximum Gasteiger partial charge on any atom is 0.346 e. The van der Waals surface area contributed by atoms with Crippen molar-refractivity contribution in [3.05, 3.63) is 51.8 Å². The molecule has 3 rings (SSSR count). The fraction of sp³-hybridized carbons (Fsp3) is 0.278. The van der Waals surface area contributed by atoms with Crippen LogP contribution >= 0.6 is 11.3 Å². The number of amides is 1. The molecular weight excluding hydrogens is 368 g/mol. The summed E-state index contributed by atoms with van der Waals surface area (Å²) in [6.07, 6.45) is 0. The van der Waals surface area contributed by atoms with Gasteiger partial charge in [-0.25, -0.2) is 9.48 Å². The van der Waals surface area contributed by atoms with Crippen molar-refractivity contribution in [3.63, 3.8) is 0 Å². The highest BCUT2D eigenvalue weighted by Gasteiger charge is 2.14. The molecule has 2 heterocycles. The van der Waals surface area contributed by atoms with Crippen LogP contribution in [0.3, 0.4) is 0 Å². The lowest BCUT2D eigenvalue weighted by atomic mass is 10.2. The number of ether oxygens (including phenoxy) is 2. The van der Waals surface area contributed by atoms with Gasteiger partial charge in [0.2, 0.25) is 0 Å². The van der Waals surface area contributed by atoms with Gasteiger partial charge in [0.1, 0.15) is 0 Å². The average Bonchev–Trinajstić information content (AvgIpc) is 3.31. The molecule has 0 aliphatic carbocycles. The predicted octanol–water partition coefficient (Wildman–Crippen LogP) is 1.76.